The second-order valence-corrected chi connectivity index (χ2v) is 40.4. The zero-order valence-electron chi connectivity index (χ0n) is 59.0. The van der Waals surface area contributed by atoms with E-state index in [0.717, 1.165) is 69.6 Å². The van der Waals surface area contributed by atoms with Gasteiger partial charge in [-0.25, -0.2) is 19.9 Å². The molecule has 7 N–H and O–H groups in total. The number of nitrogens with one attached hydrogen (secondary N) is 4. The molecule has 0 amide bonds. The van der Waals surface area contributed by atoms with Crippen molar-refractivity contribution in [1.29, 1.82) is 0 Å². The first-order valence-electron chi connectivity index (χ1n) is 33.4. The van der Waals surface area contributed by atoms with Crippen molar-refractivity contribution in [2.75, 3.05) is 21.3 Å². The number of aromatic nitrogens is 12. The van der Waals surface area contributed by atoms with Crippen LogP contribution in [0.15, 0.2) is 123 Å². The summed E-state index contributed by atoms with van der Waals surface area (Å²) < 4.78 is 24.0. The molecule has 0 fully saturated rings. The largest absolute Gasteiger partial charge is 1.00 e. The topological polar surface area (TPSA) is 298 Å². The third-order valence-electron chi connectivity index (χ3n) is 15.4. The van der Waals surface area contributed by atoms with E-state index in [1.54, 1.807) is 12.4 Å². The van der Waals surface area contributed by atoms with E-state index in [0.29, 0.717) is 53.0 Å². The molecule has 0 radical (unpaired) electrons. The van der Waals surface area contributed by atoms with Crippen molar-refractivity contribution >= 4 is 107 Å². The predicted octanol–water partition coefficient (Wildman–Crippen LogP) is 14.4. The molecule has 0 bridgehead atoms. The van der Waals surface area contributed by atoms with Crippen molar-refractivity contribution < 1.29 is 48.3 Å². The van der Waals surface area contributed by atoms with Crippen molar-refractivity contribution in [3.8, 4) is 34.4 Å². The molecule has 0 atom stereocenters. The summed E-state index contributed by atoms with van der Waals surface area (Å²) in [7, 11) is 0. The number of fused-ring (bicyclic) bond motifs is 3. The van der Waals surface area contributed by atoms with Crippen LogP contribution in [0.1, 0.15) is 173 Å². The fourth-order valence-electron chi connectivity index (χ4n) is 11.0. The van der Waals surface area contributed by atoms with Gasteiger partial charge in [0, 0.05) is 68.0 Å². The minimum absolute atomic E-state index is 0. The van der Waals surface area contributed by atoms with Gasteiger partial charge in [-0.3, -0.25) is 0 Å². The molecule has 0 unspecified atom stereocenters. The Morgan fingerprint density at radius 3 is 1.24 bits per heavy atom. The Hall–Kier alpha value is -6.23. The van der Waals surface area contributed by atoms with Crippen LogP contribution in [0.2, 0.25) is 23.9 Å². The Balaban J connectivity index is 0.000000203. The van der Waals surface area contributed by atoms with Crippen molar-refractivity contribution in [3.63, 3.8) is 0 Å². The summed E-state index contributed by atoms with van der Waals surface area (Å²) in [5, 5.41) is 37.8. The molecule has 0 saturated heterocycles. The molecule has 6 heterocycles. The van der Waals surface area contributed by atoms with Crippen molar-refractivity contribution in [2.24, 2.45) is 5.73 Å². The predicted molar refractivity (Wildman–Crippen MR) is 403 cm³/mol. The zero-order chi connectivity index (χ0) is 68.9. The maximum Gasteiger partial charge on any atom is 1.00 e. The second-order valence-electron chi connectivity index (χ2n) is 25.5. The third-order valence-corrected chi connectivity index (χ3v) is 31.9. The van der Waals surface area contributed by atoms with Crippen LogP contribution in [0.3, 0.4) is 0 Å². The quantitative estimate of drug-likeness (QED) is 0.0226. The normalized spacial score (nSPS) is 12.4. The van der Waals surface area contributed by atoms with Gasteiger partial charge in [-0.2, -0.15) is 0 Å². The third kappa shape index (κ3) is 23.4. The minimum atomic E-state index is -2.37. The van der Waals surface area contributed by atoms with Crippen LogP contribution >= 0.6 is 45.8 Å². The number of rotatable bonds is 23. The van der Waals surface area contributed by atoms with Crippen molar-refractivity contribution in [1.82, 2.24) is 60.5 Å². The molecule has 3 aromatic carbocycles. The molecule has 26 heteroatoms. The van der Waals surface area contributed by atoms with Crippen LogP contribution in [0.4, 0.5) is 24.0 Å². The smallest absolute Gasteiger partial charge is 0.870 e. The summed E-state index contributed by atoms with van der Waals surface area (Å²) in [6.07, 6.45) is 22.6. The van der Waals surface area contributed by atoms with Gasteiger partial charge in [-0.05, 0) is 197 Å². The number of allylic oxidation sites excluding steroid dienone is 3. The molecule has 3 aliphatic carbocycles. The standard InChI is InChI=1S/C21H24N6O.C18H16ClN5O.C14H14IN3O.C4H2ClN2.3C4H9.C3H9N.Na.H2O.Sn/c1-12(2)23-20-22-10-9-18(25-20)16-8-7-14-5-6-15(11-17(14)16)19-26-27-21(28-19)24-13(3)4;1-10(2)21-18-24-23-16(25-18)12-4-3-11-5-6-13(14(11)9-12)15-7-8-20-17(19)22-15;1-8(2)16-14-18-17-13(19-14)10-4-3-9-5-6-12(15)11(9)7-10;5-4-6-2-1-3-7-4;3*1-3-4-2;1-3(2)4;;;/h5-6,8-13H,7H2,1-4H3,(H,24,27)(H,22,23,25);3-4,6-10H,5H2,1-2H3,(H,21,24);3-4,6-8H,5H2,1-2H3,(H,16,18);1-2H;3*1,3-4H2,2H3;3H,4H2,1-2H3;;1H2;/q;;;;;;;;+1;;/p-1. The van der Waals surface area contributed by atoms with Gasteiger partial charge in [0.2, 0.25) is 28.9 Å². The second kappa shape index (κ2) is 39.7. The summed E-state index contributed by atoms with van der Waals surface area (Å²) in [6, 6.07) is 27.3. The fourth-order valence-corrected chi connectivity index (χ4v) is 27.6. The maximum atomic E-state index is 6.06. The number of benzene rings is 3. The van der Waals surface area contributed by atoms with Crippen molar-refractivity contribution in [3.05, 3.63) is 165 Å². The summed E-state index contributed by atoms with van der Waals surface area (Å²) in [4.78, 5) is 26.0. The van der Waals surface area contributed by atoms with E-state index in [1.807, 2.05) is 91.9 Å². The van der Waals surface area contributed by atoms with Gasteiger partial charge in [0.15, 0.2) is 0 Å². The van der Waals surface area contributed by atoms with Gasteiger partial charge in [0.1, 0.15) is 0 Å². The molecule has 0 aliphatic heterocycles. The van der Waals surface area contributed by atoms with Crippen LogP contribution in [0, 0.1) is 0 Å². The number of nitrogens with two attached hydrogens (primary N) is 1. The van der Waals surface area contributed by atoms with Crippen LogP contribution in [-0.4, -0.2) is 115 Å². The number of halogens is 3. The number of anilines is 4. The molecule has 21 nitrogen and oxygen atoms in total. The SMILES string of the molecule is CC(C)N.CC(C)Nc1nccc(C2=CCc3ccc(-c4nnc(NC(C)C)o4)cc32)n1.CC(C)Nc1nnc(-c2ccc3c(c2)C(I)=CC3)o1.CC(C)Nc1nnc(-c2ccc3c(c2)C(c2ccnc(Cl)n2)=CC3)o1.CCC[CH2][Sn]([CH2]CCC)([CH2]CCC)[c]1ccnc(Cl)n1.[Na+].[OH-]. The summed E-state index contributed by atoms with van der Waals surface area (Å²) in [6.45, 7) is 27.1. The van der Waals surface area contributed by atoms with E-state index in [2.05, 4.69) is 200 Å². The molecule has 12 rings (SSSR count). The average molecular weight is 1600 g/mol. The van der Waals surface area contributed by atoms with E-state index in [1.165, 1.54) is 81.4 Å². The maximum absolute atomic E-state index is 6.06. The van der Waals surface area contributed by atoms with E-state index in [4.69, 9.17) is 42.2 Å². The van der Waals surface area contributed by atoms with Gasteiger partial charge in [-0.15, -0.1) is 15.3 Å². The molecule has 516 valence electrons. The zero-order valence-corrected chi connectivity index (χ0v) is 67.5. The molecule has 0 saturated carbocycles. The summed E-state index contributed by atoms with van der Waals surface area (Å²) >= 11 is 12.0. The van der Waals surface area contributed by atoms with Gasteiger partial charge >= 0.3 is 181 Å². The van der Waals surface area contributed by atoms with Crippen molar-refractivity contribution in [2.45, 2.75) is 191 Å². The Morgan fingerprint density at radius 2 is 0.847 bits per heavy atom. The molecular formula is C72H93Cl2IN17NaO4Sn. The number of unbranched alkanes of at least 4 members (excludes halogenated alkanes) is 3. The number of hydrogen-bond acceptors (Lipinski definition) is 21. The minimum Gasteiger partial charge on any atom is -0.870 e. The van der Waals surface area contributed by atoms with Crippen LogP contribution in [0.25, 0.3) is 49.1 Å². The Morgan fingerprint density at radius 1 is 0.480 bits per heavy atom. The summed E-state index contributed by atoms with van der Waals surface area (Å²) in [5.74, 6) is 2.18. The first-order valence-corrected chi connectivity index (χ1v) is 42.8. The molecule has 3 aliphatic rings. The van der Waals surface area contributed by atoms with Crippen LogP contribution < -0.4 is 60.3 Å². The Labute approximate surface area is 627 Å². The molecule has 9 aromatic rings. The molecule has 98 heavy (non-hydrogen) atoms. The molecular weight excluding hydrogens is 1510 g/mol. The number of hydrogen-bond donors (Lipinski definition) is 5. The molecule has 6 aromatic heterocycles. The fraction of sp³-hybridized carbons (Fsp3) is 0.417. The van der Waals surface area contributed by atoms with E-state index >= 15 is 0 Å². The number of nitrogens with zero attached hydrogens (tertiary/aromatic N) is 12. The van der Waals surface area contributed by atoms with Crippen LogP contribution in [0.5, 0.6) is 0 Å². The van der Waals surface area contributed by atoms with Gasteiger partial charge < -0.3 is 45.7 Å². The van der Waals surface area contributed by atoms with Gasteiger partial charge in [0.25, 0.3) is 0 Å². The van der Waals surface area contributed by atoms with E-state index in [9.17, 15) is 0 Å². The first-order chi connectivity index (χ1) is 46.1. The average Bonchev–Trinajstić information content (AvgIpc) is 1.60. The molecule has 0 spiro atoms. The van der Waals surface area contributed by atoms with Gasteiger partial charge in [0.05, 0.1) is 11.4 Å². The monoisotopic (exact) mass is 1600 g/mol. The van der Waals surface area contributed by atoms with Gasteiger partial charge in [-0.1, -0.05) is 65.6 Å². The van der Waals surface area contributed by atoms with E-state index < -0.39 is 18.4 Å². The Bertz CT molecular complexity index is 4060. The van der Waals surface area contributed by atoms with Crippen LogP contribution in [-0.2, 0) is 19.3 Å². The summed E-state index contributed by atoms with van der Waals surface area (Å²) in [5.41, 5.74) is 19.1. The first kappa shape index (κ1) is 80.7. The van der Waals surface area contributed by atoms with E-state index in [-0.39, 0.29) is 64.5 Å². The Kier molecular flexibility index (Phi) is 32.7.